The van der Waals surface area contributed by atoms with Crippen molar-refractivity contribution in [2.45, 2.75) is 32.4 Å². The topological polar surface area (TPSA) is 56.0 Å². The van der Waals surface area contributed by atoms with Crippen molar-refractivity contribution >= 4 is 5.69 Å². The summed E-state index contributed by atoms with van der Waals surface area (Å²) in [7, 11) is 0. The Labute approximate surface area is 125 Å². The molecule has 0 bridgehead atoms. The van der Waals surface area contributed by atoms with Gasteiger partial charge >= 0.3 is 0 Å². The Kier molecular flexibility index (Phi) is 4.97. The van der Waals surface area contributed by atoms with Crippen molar-refractivity contribution in [3.8, 4) is 6.07 Å². The highest BCUT2D eigenvalue weighted by atomic mass is 16.3. The van der Waals surface area contributed by atoms with E-state index < -0.39 is 6.10 Å². The van der Waals surface area contributed by atoms with Crippen molar-refractivity contribution in [2.75, 3.05) is 5.32 Å². The zero-order chi connectivity index (χ0) is 15.2. The minimum Gasteiger partial charge on any atom is -0.386 e. The molecule has 21 heavy (non-hydrogen) atoms. The maximum atomic E-state index is 10.4. The number of hydrogen-bond donors (Lipinski definition) is 2. The van der Waals surface area contributed by atoms with Crippen LogP contribution in [0, 0.1) is 11.3 Å². The van der Waals surface area contributed by atoms with Gasteiger partial charge in [0, 0.05) is 5.69 Å². The molecule has 2 N–H and O–H groups in total. The number of hydrogen-bond acceptors (Lipinski definition) is 3. The van der Waals surface area contributed by atoms with Crippen LogP contribution in [0.25, 0.3) is 0 Å². The van der Waals surface area contributed by atoms with E-state index in [4.69, 9.17) is 5.26 Å². The van der Waals surface area contributed by atoms with E-state index in [9.17, 15) is 5.11 Å². The molecular formula is C18H20N2O. The van der Waals surface area contributed by atoms with Gasteiger partial charge in [-0.2, -0.15) is 5.26 Å². The van der Waals surface area contributed by atoms with Gasteiger partial charge in [0.15, 0.2) is 0 Å². The van der Waals surface area contributed by atoms with Gasteiger partial charge in [-0.1, -0.05) is 31.2 Å². The molecule has 0 aliphatic heterocycles. The summed E-state index contributed by atoms with van der Waals surface area (Å²) in [5.41, 5.74) is 3.58. The lowest BCUT2D eigenvalue weighted by atomic mass is 10.0. The Morgan fingerprint density at radius 1 is 1.19 bits per heavy atom. The molecule has 3 heteroatoms. The van der Waals surface area contributed by atoms with Crippen LogP contribution in [0.4, 0.5) is 5.69 Å². The average molecular weight is 280 g/mol. The summed E-state index contributed by atoms with van der Waals surface area (Å²) < 4.78 is 0. The third kappa shape index (κ3) is 3.84. The second-order valence-corrected chi connectivity index (χ2v) is 5.17. The highest BCUT2D eigenvalue weighted by Crippen LogP contribution is 2.21. The van der Waals surface area contributed by atoms with Gasteiger partial charge in [-0.15, -0.1) is 0 Å². The SMILES string of the molecule is CCc1ccc(NC(C)C(O)c2cccc(C#N)c2)cc1. The smallest absolute Gasteiger partial charge is 0.0991 e. The van der Waals surface area contributed by atoms with E-state index in [0.29, 0.717) is 5.56 Å². The molecule has 0 spiro atoms. The van der Waals surface area contributed by atoms with Crippen LogP contribution >= 0.6 is 0 Å². The van der Waals surface area contributed by atoms with Gasteiger partial charge in [0.05, 0.1) is 23.8 Å². The van der Waals surface area contributed by atoms with E-state index in [-0.39, 0.29) is 6.04 Å². The third-order valence-corrected chi connectivity index (χ3v) is 3.59. The van der Waals surface area contributed by atoms with E-state index >= 15 is 0 Å². The first-order valence-corrected chi connectivity index (χ1v) is 7.17. The number of aliphatic hydroxyl groups is 1. The second-order valence-electron chi connectivity index (χ2n) is 5.17. The molecule has 2 atom stereocenters. The number of benzene rings is 2. The number of nitrogens with zero attached hydrogens (tertiary/aromatic N) is 1. The van der Waals surface area contributed by atoms with Crippen LogP contribution < -0.4 is 5.32 Å². The largest absolute Gasteiger partial charge is 0.386 e. The van der Waals surface area contributed by atoms with Gasteiger partial charge in [0.1, 0.15) is 0 Å². The predicted octanol–water partition coefficient (Wildman–Crippen LogP) is 3.65. The number of anilines is 1. The van der Waals surface area contributed by atoms with Crippen molar-refractivity contribution in [1.29, 1.82) is 5.26 Å². The number of rotatable bonds is 5. The molecule has 2 unspecified atom stereocenters. The molecule has 0 aromatic heterocycles. The van der Waals surface area contributed by atoms with Crippen LogP contribution in [0.15, 0.2) is 48.5 Å². The first-order chi connectivity index (χ1) is 10.1. The standard InChI is InChI=1S/C18H20N2O/c1-3-14-7-9-17(10-8-14)20-13(2)18(21)16-6-4-5-15(11-16)12-19/h4-11,13,18,20-21H,3H2,1-2H3. The fourth-order valence-electron chi connectivity index (χ4n) is 2.26. The first kappa shape index (κ1) is 15.1. The molecule has 0 fully saturated rings. The maximum Gasteiger partial charge on any atom is 0.0991 e. The molecule has 2 aromatic carbocycles. The fourth-order valence-corrected chi connectivity index (χ4v) is 2.26. The molecule has 0 saturated heterocycles. The third-order valence-electron chi connectivity index (χ3n) is 3.59. The summed E-state index contributed by atoms with van der Waals surface area (Å²) >= 11 is 0. The molecule has 2 aromatic rings. The summed E-state index contributed by atoms with van der Waals surface area (Å²) in [6.07, 6.45) is 0.350. The number of aryl methyl sites for hydroxylation is 1. The highest BCUT2D eigenvalue weighted by molar-refractivity contribution is 5.46. The zero-order valence-corrected chi connectivity index (χ0v) is 12.4. The van der Waals surface area contributed by atoms with E-state index in [2.05, 4.69) is 30.4 Å². The molecule has 0 radical (unpaired) electrons. The second kappa shape index (κ2) is 6.92. The van der Waals surface area contributed by atoms with Crippen molar-refractivity contribution in [1.82, 2.24) is 0 Å². The van der Waals surface area contributed by atoms with Crippen molar-refractivity contribution in [2.24, 2.45) is 0 Å². The predicted molar refractivity (Wildman–Crippen MR) is 85.0 cm³/mol. The summed E-state index contributed by atoms with van der Waals surface area (Å²) in [6, 6.07) is 17.2. The lowest BCUT2D eigenvalue weighted by Gasteiger charge is -2.22. The van der Waals surface area contributed by atoms with E-state index in [1.807, 2.05) is 25.1 Å². The fraction of sp³-hybridized carbons (Fsp3) is 0.278. The van der Waals surface area contributed by atoms with Gasteiger partial charge in [-0.25, -0.2) is 0 Å². The summed E-state index contributed by atoms with van der Waals surface area (Å²) in [5, 5.41) is 22.6. The number of aliphatic hydroxyl groups excluding tert-OH is 1. The van der Waals surface area contributed by atoms with E-state index in [1.54, 1.807) is 18.2 Å². The quantitative estimate of drug-likeness (QED) is 0.879. The molecular weight excluding hydrogens is 260 g/mol. The molecule has 0 aliphatic carbocycles. The van der Waals surface area contributed by atoms with Gasteiger partial charge in [-0.3, -0.25) is 0 Å². The van der Waals surface area contributed by atoms with Crippen molar-refractivity contribution in [3.05, 3.63) is 65.2 Å². The maximum absolute atomic E-state index is 10.4. The lowest BCUT2D eigenvalue weighted by Crippen LogP contribution is -2.24. The average Bonchev–Trinajstić information content (AvgIpc) is 2.54. The van der Waals surface area contributed by atoms with Gasteiger partial charge in [0.2, 0.25) is 0 Å². The van der Waals surface area contributed by atoms with E-state index in [1.165, 1.54) is 5.56 Å². The lowest BCUT2D eigenvalue weighted by molar-refractivity contribution is 0.160. The summed E-state index contributed by atoms with van der Waals surface area (Å²) in [6.45, 7) is 4.05. The zero-order valence-electron chi connectivity index (χ0n) is 12.4. The molecule has 0 aliphatic rings. The van der Waals surface area contributed by atoms with Crippen LogP contribution in [0.3, 0.4) is 0 Å². The Morgan fingerprint density at radius 2 is 1.90 bits per heavy atom. The Morgan fingerprint density at radius 3 is 2.52 bits per heavy atom. The van der Waals surface area contributed by atoms with Gasteiger partial charge in [0.25, 0.3) is 0 Å². The molecule has 0 heterocycles. The monoisotopic (exact) mass is 280 g/mol. The van der Waals surface area contributed by atoms with Crippen LogP contribution in [0.5, 0.6) is 0 Å². The van der Waals surface area contributed by atoms with Crippen LogP contribution in [0.2, 0.25) is 0 Å². The normalized spacial score (nSPS) is 13.2. The van der Waals surface area contributed by atoms with Crippen LogP contribution in [-0.4, -0.2) is 11.1 Å². The highest BCUT2D eigenvalue weighted by Gasteiger charge is 2.16. The Bertz CT molecular complexity index is 628. The molecule has 0 amide bonds. The van der Waals surface area contributed by atoms with E-state index in [0.717, 1.165) is 17.7 Å². The molecule has 108 valence electrons. The van der Waals surface area contributed by atoms with Crippen LogP contribution in [0.1, 0.15) is 36.6 Å². The van der Waals surface area contributed by atoms with Crippen molar-refractivity contribution < 1.29 is 5.11 Å². The Balaban J connectivity index is 2.07. The van der Waals surface area contributed by atoms with Gasteiger partial charge < -0.3 is 10.4 Å². The minimum atomic E-state index is -0.663. The van der Waals surface area contributed by atoms with Crippen molar-refractivity contribution in [3.63, 3.8) is 0 Å². The molecule has 2 rings (SSSR count). The van der Waals surface area contributed by atoms with Crippen LogP contribution in [-0.2, 0) is 6.42 Å². The Hall–Kier alpha value is -2.31. The molecule has 0 saturated carbocycles. The first-order valence-electron chi connectivity index (χ1n) is 7.17. The van der Waals surface area contributed by atoms with Gasteiger partial charge in [-0.05, 0) is 48.7 Å². The minimum absolute atomic E-state index is 0.147. The summed E-state index contributed by atoms with van der Waals surface area (Å²) in [5.74, 6) is 0. The summed E-state index contributed by atoms with van der Waals surface area (Å²) in [4.78, 5) is 0. The number of nitrogens with one attached hydrogen (secondary N) is 1. The number of nitriles is 1. The molecule has 3 nitrogen and oxygen atoms in total.